The highest BCUT2D eigenvalue weighted by Gasteiger charge is 2.59. The summed E-state index contributed by atoms with van der Waals surface area (Å²) in [6, 6.07) is 0. The van der Waals surface area contributed by atoms with Gasteiger partial charge in [-0.3, -0.25) is 0 Å². The maximum absolute atomic E-state index is 17.0. The van der Waals surface area contributed by atoms with Crippen LogP contribution in [0.4, 0.5) is 4.39 Å². The predicted octanol–water partition coefficient (Wildman–Crippen LogP) is 10.3. The number of halogens is 1. The zero-order chi connectivity index (χ0) is 41.5. The van der Waals surface area contributed by atoms with Crippen LogP contribution in [0.5, 0.6) is 5.75 Å². The number of hydrogen-bond donors (Lipinski definition) is 0. The summed E-state index contributed by atoms with van der Waals surface area (Å²) in [5, 5.41) is -0.648. The van der Waals surface area contributed by atoms with Gasteiger partial charge in [0.2, 0.25) is 16.8 Å². The van der Waals surface area contributed by atoms with Crippen LogP contribution in [0.3, 0.4) is 0 Å². The van der Waals surface area contributed by atoms with Gasteiger partial charge >= 0.3 is 5.97 Å². The minimum atomic E-state index is -2.62. The van der Waals surface area contributed by atoms with Gasteiger partial charge in [0.15, 0.2) is 42.6 Å². The second kappa shape index (κ2) is 16.7. The average Bonchev–Trinajstić information content (AvgIpc) is 2.96. The van der Waals surface area contributed by atoms with E-state index in [9.17, 15) is 4.79 Å². The first-order valence-corrected chi connectivity index (χ1v) is 28.0. The Hall–Kier alpha value is -1.17. The van der Waals surface area contributed by atoms with Crippen molar-refractivity contribution in [1.29, 1.82) is 0 Å². The van der Waals surface area contributed by atoms with Gasteiger partial charge in [-0.15, -0.1) is 0 Å². The highest BCUT2D eigenvalue weighted by molar-refractivity contribution is 6.75. The molecule has 0 N–H and O–H groups in total. The van der Waals surface area contributed by atoms with Gasteiger partial charge in [-0.2, -0.15) is 0 Å². The highest BCUT2D eigenvalue weighted by Crippen LogP contribution is 2.47. The fraction of sp³-hybridized carbons (Fsp3) is 0.775. The summed E-state index contributed by atoms with van der Waals surface area (Å²) in [4.78, 5) is 14.2. The number of carbonyl (C=O) groups excluding carboxylic acids is 1. The lowest BCUT2D eigenvalue weighted by Crippen LogP contribution is -2.69. The van der Waals surface area contributed by atoms with Gasteiger partial charge < -0.3 is 31.9 Å². The molecule has 13 heteroatoms. The molecule has 1 aromatic carbocycles. The standard InChI is InChI=1S/C40H72FO8Si4/c1-22-23-43-35(42)33-31(47-51(16,17)38(7,8)9)32(48-52(18,19)39(10,11)12)34(49-53(20,21)40(13,14)15)36(46-33)45-30-26(3)25(2)28(37(4,5)6)27(24-44-50)29(30)41/h22,31-34,36H,1,23-24H2,2-21H3/t31-,32+,33+,34-,36-/m1/s1. The molecule has 1 fully saturated rings. The van der Waals surface area contributed by atoms with E-state index in [2.05, 4.69) is 119 Å². The van der Waals surface area contributed by atoms with Gasteiger partial charge in [0.25, 0.3) is 0 Å². The van der Waals surface area contributed by atoms with Crippen LogP contribution in [0, 0.1) is 19.7 Å². The lowest BCUT2D eigenvalue weighted by molar-refractivity contribution is -0.263. The van der Waals surface area contributed by atoms with Crippen LogP contribution >= 0.6 is 0 Å². The topological polar surface area (TPSA) is 81.7 Å². The molecule has 0 unspecified atom stereocenters. The molecule has 0 aliphatic carbocycles. The van der Waals surface area contributed by atoms with Crippen molar-refractivity contribution in [2.45, 2.75) is 194 Å². The number of hydrogen-bond acceptors (Lipinski definition) is 8. The SMILES string of the molecule is C=CCOC(=O)[C@H]1O[C@@H](Oc2c(C)c(C)c(C(C)(C)C)c(CO[Si])c2F)[C@H](O[Si](C)(C)C(C)(C)C)[C@@H](O[Si](C)(C)C(C)(C)C)[C@H]1O[Si](C)(C)C(C)(C)C. The van der Waals surface area contributed by atoms with Crippen LogP contribution in [0.1, 0.15) is 105 Å². The molecule has 0 spiro atoms. The Kier molecular flexibility index (Phi) is 15.2. The van der Waals surface area contributed by atoms with Crippen LogP contribution < -0.4 is 4.74 Å². The van der Waals surface area contributed by atoms with Crippen LogP contribution in [0.2, 0.25) is 54.4 Å². The molecular weight excluding hydrogens is 740 g/mol. The molecule has 1 aliphatic heterocycles. The van der Waals surface area contributed by atoms with Gasteiger partial charge in [0.05, 0.1) is 6.61 Å². The summed E-state index contributed by atoms with van der Waals surface area (Å²) in [5.74, 6) is -1.18. The summed E-state index contributed by atoms with van der Waals surface area (Å²) < 4.78 is 63.5. The number of carbonyl (C=O) groups is 1. The smallest absolute Gasteiger partial charge is 0.338 e. The molecule has 53 heavy (non-hydrogen) atoms. The first kappa shape index (κ1) is 48.0. The van der Waals surface area contributed by atoms with E-state index in [1.54, 1.807) is 0 Å². The minimum absolute atomic E-state index is 0.0103. The van der Waals surface area contributed by atoms with E-state index in [0.29, 0.717) is 11.1 Å². The van der Waals surface area contributed by atoms with Gasteiger partial charge in [-0.25, -0.2) is 9.18 Å². The molecule has 303 valence electrons. The molecule has 3 radical (unpaired) electrons. The third-order valence-electron chi connectivity index (χ3n) is 12.0. The highest BCUT2D eigenvalue weighted by atomic mass is 28.4. The molecule has 0 saturated carbocycles. The maximum atomic E-state index is 17.0. The number of ether oxygens (including phenoxy) is 3. The summed E-state index contributed by atoms with van der Waals surface area (Å²) in [6.45, 7) is 46.0. The van der Waals surface area contributed by atoms with Gasteiger partial charge in [-0.1, -0.05) is 95.7 Å². The second-order valence-corrected chi connectivity index (χ2v) is 34.8. The van der Waals surface area contributed by atoms with Crippen molar-refractivity contribution in [3.63, 3.8) is 0 Å². The Morgan fingerprint density at radius 3 is 1.60 bits per heavy atom. The maximum Gasteiger partial charge on any atom is 0.338 e. The van der Waals surface area contributed by atoms with Crippen molar-refractivity contribution < 1.29 is 41.1 Å². The molecule has 0 aromatic heterocycles. The third kappa shape index (κ3) is 10.8. The third-order valence-corrected chi connectivity index (χ3v) is 25.6. The van der Waals surface area contributed by atoms with E-state index in [-0.39, 0.29) is 39.5 Å². The zero-order valence-corrected chi connectivity index (χ0v) is 40.7. The van der Waals surface area contributed by atoms with Crippen LogP contribution in [0.15, 0.2) is 12.7 Å². The molecule has 2 rings (SSSR count). The van der Waals surface area contributed by atoms with Crippen molar-refractivity contribution in [3.05, 3.63) is 40.7 Å². The second-order valence-electron chi connectivity index (χ2n) is 20.3. The van der Waals surface area contributed by atoms with E-state index >= 15 is 4.39 Å². The quantitative estimate of drug-likeness (QED) is 0.111. The van der Waals surface area contributed by atoms with Crippen LogP contribution in [-0.4, -0.2) is 78.7 Å². The molecule has 8 nitrogen and oxygen atoms in total. The Balaban J connectivity index is 3.10. The molecular formula is C40H72FO8Si4. The van der Waals surface area contributed by atoms with Gasteiger partial charge in [-0.05, 0) is 90.3 Å². The molecule has 1 aliphatic rings. The number of esters is 1. The monoisotopic (exact) mass is 811 g/mol. The van der Waals surface area contributed by atoms with E-state index in [0.717, 1.165) is 11.1 Å². The first-order valence-electron chi connectivity index (χ1n) is 18.9. The van der Waals surface area contributed by atoms with Crippen molar-refractivity contribution in [1.82, 2.24) is 0 Å². The Morgan fingerprint density at radius 1 is 0.774 bits per heavy atom. The van der Waals surface area contributed by atoms with Crippen molar-refractivity contribution in [2.24, 2.45) is 0 Å². The predicted molar refractivity (Wildman–Crippen MR) is 222 cm³/mol. The van der Waals surface area contributed by atoms with Crippen LogP contribution in [-0.2, 0) is 44.0 Å². The minimum Gasteiger partial charge on any atom is -0.459 e. The van der Waals surface area contributed by atoms with Gasteiger partial charge in [0.1, 0.15) is 24.9 Å². The lowest BCUT2D eigenvalue weighted by atomic mass is 9.79. The Bertz CT molecular complexity index is 1450. The van der Waals surface area contributed by atoms with E-state index in [1.165, 1.54) is 6.08 Å². The normalized spacial score (nSPS) is 22.5. The van der Waals surface area contributed by atoms with Crippen molar-refractivity contribution >= 4 is 41.4 Å². The zero-order valence-electron chi connectivity index (χ0n) is 36.7. The molecule has 0 amide bonds. The fourth-order valence-electron chi connectivity index (χ4n) is 5.73. The molecule has 5 atom stereocenters. The Morgan fingerprint density at radius 2 is 1.21 bits per heavy atom. The van der Waals surface area contributed by atoms with Gasteiger partial charge in [0, 0.05) is 5.56 Å². The fourth-order valence-corrected chi connectivity index (χ4v) is 9.75. The summed E-state index contributed by atoms with van der Waals surface area (Å²) >= 11 is 0. The molecule has 1 aromatic rings. The Labute approximate surface area is 328 Å². The molecule has 1 heterocycles. The number of benzene rings is 1. The first-order chi connectivity index (χ1) is 23.7. The lowest BCUT2D eigenvalue weighted by Gasteiger charge is -2.53. The largest absolute Gasteiger partial charge is 0.459 e. The summed E-state index contributed by atoms with van der Waals surface area (Å²) in [5.41, 5.74) is 2.32. The summed E-state index contributed by atoms with van der Waals surface area (Å²) in [6.07, 6.45) is -3.68. The van der Waals surface area contributed by atoms with Crippen molar-refractivity contribution in [3.8, 4) is 5.75 Å². The molecule has 1 saturated heterocycles. The number of rotatable bonds is 13. The van der Waals surface area contributed by atoms with E-state index in [1.807, 2.05) is 34.6 Å². The van der Waals surface area contributed by atoms with Crippen molar-refractivity contribution in [2.75, 3.05) is 6.61 Å². The average molecular weight is 812 g/mol. The molecule has 0 bridgehead atoms. The van der Waals surface area contributed by atoms with Crippen LogP contribution in [0.25, 0.3) is 0 Å². The van der Waals surface area contributed by atoms with E-state index in [4.69, 9.17) is 31.9 Å². The van der Waals surface area contributed by atoms with E-state index < -0.39 is 67.4 Å². The summed E-state index contributed by atoms with van der Waals surface area (Å²) in [7, 11) is -4.72.